The zero-order valence-electron chi connectivity index (χ0n) is 10.6. The molecule has 0 bridgehead atoms. The summed E-state index contributed by atoms with van der Waals surface area (Å²) in [5.74, 6) is 0.814. The molecule has 0 amide bonds. The average molecular weight is 213 g/mol. The minimum absolute atomic E-state index is 0.444. The number of ether oxygens (including phenoxy) is 1. The fourth-order valence-corrected chi connectivity index (χ4v) is 2.20. The first-order valence-corrected chi connectivity index (χ1v) is 6.47. The lowest BCUT2D eigenvalue weighted by Gasteiger charge is -2.28. The van der Waals surface area contributed by atoms with Crippen LogP contribution in [-0.2, 0) is 4.74 Å². The van der Waals surface area contributed by atoms with Gasteiger partial charge in [-0.1, -0.05) is 27.2 Å². The number of hydrogen-bond acceptors (Lipinski definition) is 2. The van der Waals surface area contributed by atoms with Gasteiger partial charge < -0.3 is 10.1 Å². The largest absolute Gasteiger partial charge is 0.381 e. The van der Waals surface area contributed by atoms with E-state index >= 15 is 0 Å². The maximum absolute atomic E-state index is 5.58. The standard InChI is InChI=1S/C13H27NO/c1-4-8-14-10-13(6-5-12(2)3)7-9-15-11-13/h12,14H,4-11H2,1-3H3. The minimum Gasteiger partial charge on any atom is -0.381 e. The Hall–Kier alpha value is -0.0800. The lowest BCUT2D eigenvalue weighted by molar-refractivity contribution is 0.139. The Morgan fingerprint density at radius 3 is 2.73 bits per heavy atom. The molecule has 1 fully saturated rings. The first-order chi connectivity index (χ1) is 7.18. The van der Waals surface area contributed by atoms with Gasteiger partial charge in [-0.15, -0.1) is 0 Å². The molecule has 15 heavy (non-hydrogen) atoms. The highest BCUT2D eigenvalue weighted by Gasteiger charge is 2.33. The van der Waals surface area contributed by atoms with Crippen LogP contribution >= 0.6 is 0 Å². The minimum atomic E-state index is 0.444. The lowest BCUT2D eigenvalue weighted by atomic mass is 9.80. The van der Waals surface area contributed by atoms with Crippen molar-refractivity contribution in [2.75, 3.05) is 26.3 Å². The summed E-state index contributed by atoms with van der Waals surface area (Å²) in [6.07, 6.45) is 5.12. The topological polar surface area (TPSA) is 21.3 Å². The van der Waals surface area contributed by atoms with Gasteiger partial charge in [-0.2, -0.15) is 0 Å². The molecule has 1 rings (SSSR count). The number of nitrogens with one attached hydrogen (secondary N) is 1. The summed E-state index contributed by atoms with van der Waals surface area (Å²) in [4.78, 5) is 0. The monoisotopic (exact) mass is 213 g/mol. The van der Waals surface area contributed by atoms with Crippen LogP contribution in [0.15, 0.2) is 0 Å². The molecule has 1 N–H and O–H groups in total. The van der Waals surface area contributed by atoms with Crippen molar-refractivity contribution in [1.29, 1.82) is 0 Å². The molecule has 0 saturated carbocycles. The molecule has 1 aliphatic heterocycles. The van der Waals surface area contributed by atoms with E-state index in [-0.39, 0.29) is 0 Å². The van der Waals surface area contributed by atoms with E-state index in [1.54, 1.807) is 0 Å². The van der Waals surface area contributed by atoms with Crippen molar-refractivity contribution in [3.63, 3.8) is 0 Å². The molecule has 1 unspecified atom stereocenters. The maximum Gasteiger partial charge on any atom is 0.0535 e. The number of hydrogen-bond donors (Lipinski definition) is 1. The van der Waals surface area contributed by atoms with Gasteiger partial charge in [0.05, 0.1) is 6.61 Å². The van der Waals surface area contributed by atoms with Crippen LogP contribution in [0, 0.1) is 11.3 Å². The third kappa shape index (κ3) is 4.52. The molecule has 90 valence electrons. The molecule has 1 aliphatic rings. The first kappa shape index (κ1) is 13.0. The van der Waals surface area contributed by atoms with E-state index in [9.17, 15) is 0 Å². The summed E-state index contributed by atoms with van der Waals surface area (Å²) >= 11 is 0. The van der Waals surface area contributed by atoms with E-state index in [0.717, 1.165) is 32.2 Å². The van der Waals surface area contributed by atoms with Crippen molar-refractivity contribution in [3.8, 4) is 0 Å². The van der Waals surface area contributed by atoms with Crippen LogP contribution in [0.2, 0.25) is 0 Å². The summed E-state index contributed by atoms with van der Waals surface area (Å²) in [6.45, 7) is 11.1. The third-order valence-corrected chi connectivity index (χ3v) is 3.36. The Balaban J connectivity index is 2.32. The summed E-state index contributed by atoms with van der Waals surface area (Å²) < 4.78 is 5.58. The van der Waals surface area contributed by atoms with E-state index in [0.29, 0.717) is 5.41 Å². The quantitative estimate of drug-likeness (QED) is 0.657. The normalized spacial score (nSPS) is 26.4. The summed E-state index contributed by atoms with van der Waals surface area (Å²) in [6, 6.07) is 0. The predicted octanol–water partition coefficient (Wildman–Crippen LogP) is 2.83. The molecule has 1 atom stereocenters. The van der Waals surface area contributed by atoms with Crippen molar-refractivity contribution in [2.24, 2.45) is 11.3 Å². The smallest absolute Gasteiger partial charge is 0.0535 e. The molecule has 0 radical (unpaired) electrons. The van der Waals surface area contributed by atoms with E-state index < -0.39 is 0 Å². The molecular weight excluding hydrogens is 186 g/mol. The highest BCUT2D eigenvalue weighted by Crippen LogP contribution is 2.34. The predicted molar refractivity (Wildman–Crippen MR) is 65.1 cm³/mol. The van der Waals surface area contributed by atoms with Crippen LogP contribution in [0.1, 0.15) is 46.5 Å². The first-order valence-electron chi connectivity index (χ1n) is 6.47. The molecule has 1 heterocycles. The van der Waals surface area contributed by atoms with Crippen molar-refractivity contribution in [1.82, 2.24) is 5.32 Å². The van der Waals surface area contributed by atoms with Gasteiger partial charge in [-0.3, -0.25) is 0 Å². The van der Waals surface area contributed by atoms with Crippen LogP contribution < -0.4 is 5.32 Å². The van der Waals surface area contributed by atoms with Gasteiger partial charge in [0.25, 0.3) is 0 Å². The molecule has 0 aromatic rings. The molecule has 0 aromatic heterocycles. The van der Waals surface area contributed by atoms with Gasteiger partial charge in [-0.25, -0.2) is 0 Å². The lowest BCUT2D eigenvalue weighted by Crippen LogP contribution is -2.35. The molecule has 1 saturated heterocycles. The fraction of sp³-hybridized carbons (Fsp3) is 1.00. The second-order valence-corrected chi connectivity index (χ2v) is 5.41. The van der Waals surface area contributed by atoms with Crippen LogP contribution in [0.4, 0.5) is 0 Å². The van der Waals surface area contributed by atoms with Gasteiger partial charge in [0.2, 0.25) is 0 Å². The van der Waals surface area contributed by atoms with Gasteiger partial charge >= 0.3 is 0 Å². The molecule has 0 aliphatic carbocycles. The van der Waals surface area contributed by atoms with Gasteiger partial charge in [0.1, 0.15) is 0 Å². The molecule has 2 heteroatoms. The second kappa shape index (κ2) is 6.49. The zero-order valence-corrected chi connectivity index (χ0v) is 10.6. The number of rotatable bonds is 7. The maximum atomic E-state index is 5.58. The van der Waals surface area contributed by atoms with Crippen LogP contribution in [0.25, 0.3) is 0 Å². The Kier molecular flexibility index (Phi) is 5.62. The van der Waals surface area contributed by atoms with Crippen LogP contribution in [-0.4, -0.2) is 26.3 Å². The van der Waals surface area contributed by atoms with Crippen LogP contribution in [0.3, 0.4) is 0 Å². The fourth-order valence-electron chi connectivity index (χ4n) is 2.20. The zero-order chi connectivity index (χ0) is 11.1. The Labute approximate surface area is 94.8 Å². The summed E-state index contributed by atoms with van der Waals surface area (Å²) in [5, 5.41) is 3.56. The highest BCUT2D eigenvalue weighted by atomic mass is 16.5. The van der Waals surface area contributed by atoms with Crippen molar-refractivity contribution >= 4 is 0 Å². The van der Waals surface area contributed by atoms with Crippen LogP contribution in [0.5, 0.6) is 0 Å². The second-order valence-electron chi connectivity index (χ2n) is 5.41. The SMILES string of the molecule is CCCNCC1(CCC(C)C)CCOC1. The highest BCUT2D eigenvalue weighted by molar-refractivity contribution is 4.85. The summed E-state index contributed by atoms with van der Waals surface area (Å²) in [5.41, 5.74) is 0.444. The van der Waals surface area contributed by atoms with Crippen molar-refractivity contribution in [3.05, 3.63) is 0 Å². The van der Waals surface area contributed by atoms with E-state index in [1.807, 2.05) is 0 Å². The van der Waals surface area contributed by atoms with Crippen molar-refractivity contribution in [2.45, 2.75) is 46.5 Å². The molecular formula is C13H27NO. The van der Waals surface area contributed by atoms with E-state index in [2.05, 4.69) is 26.1 Å². The van der Waals surface area contributed by atoms with Gasteiger partial charge in [0.15, 0.2) is 0 Å². The van der Waals surface area contributed by atoms with Gasteiger partial charge in [-0.05, 0) is 31.7 Å². The Morgan fingerprint density at radius 2 is 2.20 bits per heavy atom. The molecule has 2 nitrogen and oxygen atoms in total. The average Bonchev–Trinajstić information content (AvgIpc) is 2.65. The molecule has 0 spiro atoms. The van der Waals surface area contributed by atoms with E-state index in [4.69, 9.17) is 4.74 Å². The van der Waals surface area contributed by atoms with E-state index in [1.165, 1.54) is 25.7 Å². The third-order valence-electron chi connectivity index (χ3n) is 3.36. The Bertz CT molecular complexity index is 162. The van der Waals surface area contributed by atoms with Crippen molar-refractivity contribution < 1.29 is 4.74 Å². The summed E-state index contributed by atoms with van der Waals surface area (Å²) in [7, 11) is 0. The van der Waals surface area contributed by atoms with Gasteiger partial charge in [0, 0.05) is 18.6 Å². The Morgan fingerprint density at radius 1 is 1.40 bits per heavy atom. The molecule has 0 aromatic carbocycles.